The molecule has 0 bridgehead atoms. The third kappa shape index (κ3) is 4.58. The third-order valence-corrected chi connectivity index (χ3v) is 8.53. The Hall–Kier alpha value is -1.73. The Morgan fingerprint density at radius 3 is 2.39 bits per heavy atom. The number of hydrogen-bond donors (Lipinski definition) is 1. The Morgan fingerprint density at radius 1 is 1.10 bits per heavy atom. The summed E-state index contributed by atoms with van der Waals surface area (Å²) in [4.78, 5) is 30.3. The van der Waals surface area contributed by atoms with Crippen LogP contribution in [0.15, 0.2) is 24.3 Å². The zero-order valence-electron chi connectivity index (χ0n) is 18.8. The van der Waals surface area contributed by atoms with Gasteiger partial charge in [-0.25, -0.2) is 4.79 Å². The highest BCUT2D eigenvalue weighted by Gasteiger charge is 2.54. The normalized spacial score (nSPS) is 26.3. The molecule has 0 spiro atoms. The van der Waals surface area contributed by atoms with Crippen molar-refractivity contribution in [1.82, 2.24) is 15.1 Å². The number of likely N-dealkylation sites (tertiary alicyclic amines) is 1. The van der Waals surface area contributed by atoms with E-state index in [2.05, 4.69) is 22.0 Å². The summed E-state index contributed by atoms with van der Waals surface area (Å²) in [6.07, 6.45) is 5.83. The van der Waals surface area contributed by atoms with Gasteiger partial charge in [0.1, 0.15) is 11.3 Å². The van der Waals surface area contributed by atoms with Crippen LogP contribution in [0.1, 0.15) is 44.6 Å². The summed E-state index contributed by atoms with van der Waals surface area (Å²) in [7, 11) is 1.64. The number of nitrogens with zero attached hydrogens (tertiary/aromatic N) is 2. The minimum atomic E-state index is -0.731. The zero-order chi connectivity index (χ0) is 21.8. The number of rotatable bonds is 7. The van der Waals surface area contributed by atoms with Crippen LogP contribution in [0.3, 0.4) is 0 Å². The first-order chi connectivity index (χ1) is 15.1. The molecule has 3 aliphatic rings. The molecule has 0 aliphatic carbocycles. The second kappa shape index (κ2) is 9.82. The smallest absolute Gasteiger partial charge is 0.325 e. The molecular weight excluding hydrogens is 410 g/mol. The van der Waals surface area contributed by atoms with E-state index in [0.717, 1.165) is 37.2 Å². The van der Waals surface area contributed by atoms with Gasteiger partial charge < -0.3 is 15.0 Å². The molecule has 3 heterocycles. The van der Waals surface area contributed by atoms with E-state index in [1.54, 1.807) is 7.11 Å². The Morgan fingerprint density at radius 2 is 1.77 bits per heavy atom. The van der Waals surface area contributed by atoms with Gasteiger partial charge >= 0.3 is 6.03 Å². The van der Waals surface area contributed by atoms with E-state index < -0.39 is 5.54 Å². The van der Waals surface area contributed by atoms with Crippen molar-refractivity contribution in [2.75, 3.05) is 38.2 Å². The summed E-state index contributed by atoms with van der Waals surface area (Å²) in [6.45, 7) is 4.53. The SMILES string of the molecule is CCC1(C2CCN(C3CCSCC3)CC2)NC(=O)N(CCc2ccc(OC)cc2)C1=O. The number of nitrogens with one attached hydrogen (secondary N) is 1. The van der Waals surface area contributed by atoms with Crippen molar-refractivity contribution in [3.05, 3.63) is 29.8 Å². The molecule has 0 radical (unpaired) electrons. The summed E-state index contributed by atoms with van der Waals surface area (Å²) >= 11 is 2.06. The molecule has 1 N–H and O–H groups in total. The predicted molar refractivity (Wildman–Crippen MR) is 125 cm³/mol. The molecule has 3 fully saturated rings. The van der Waals surface area contributed by atoms with Gasteiger partial charge in [0, 0.05) is 12.6 Å². The van der Waals surface area contributed by atoms with Crippen molar-refractivity contribution >= 4 is 23.7 Å². The molecule has 1 atom stereocenters. The number of ether oxygens (including phenoxy) is 1. The number of methoxy groups -OCH3 is 1. The highest BCUT2D eigenvalue weighted by atomic mass is 32.2. The standard InChI is InChI=1S/C24H35N3O3S/c1-3-24(19-9-13-26(14-10-19)20-11-16-31-17-12-20)22(28)27(23(29)25-24)15-8-18-4-6-21(30-2)7-5-18/h4-7,19-20H,3,8-17H2,1-2H3,(H,25,29). The van der Waals surface area contributed by atoms with Crippen molar-refractivity contribution in [1.29, 1.82) is 0 Å². The fourth-order valence-corrected chi connectivity index (χ4v) is 6.58. The van der Waals surface area contributed by atoms with E-state index in [-0.39, 0.29) is 17.9 Å². The molecule has 1 unspecified atom stereocenters. The van der Waals surface area contributed by atoms with E-state index >= 15 is 0 Å². The third-order valence-electron chi connectivity index (χ3n) is 7.48. The van der Waals surface area contributed by atoms with Gasteiger partial charge in [0.05, 0.1) is 7.11 Å². The molecule has 0 aromatic heterocycles. The summed E-state index contributed by atoms with van der Waals surface area (Å²) in [5.41, 5.74) is 0.361. The molecule has 3 saturated heterocycles. The lowest BCUT2D eigenvalue weighted by atomic mass is 9.75. The van der Waals surface area contributed by atoms with Crippen molar-refractivity contribution < 1.29 is 14.3 Å². The van der Waals surface area contributed by atoms with E-state index in [9.17, 15) is 9.59 Å². The predicted octanol–water partition coefficient (Wildman–Crippen LogP) is 3.55. The molecule has 4 rings (SSSR count). The first-order valence-corrected chi connectivity index (χ1v) is 12.8. The van der Waals surface area contributed by atoms with Gasteiger partial charge in [0.15, 0.2) is 0 Å². The number of benzene rings is 1. The van der Waals surface area contributed by atoms with Gasteiger partial charge in [-0.05, 0) is 86.7 Å². The lowest BCUT2D eigenvalue weighted by molar-refractivity contribution is -0.134. The summed E-state index contributed by atoms with van der Waals surface area (Å²) in [6, 6.07) is 8.28. The van der Waals surface area contributed by atoms with Crippen LogP contribution in [-0.4, -0.2) is 71.6 Å². The van der Waals surface area contributed by atoms with Gasteiger partial charge in [-0.2, -0.15) is 11.8 Å². The lowest BCUT2D eigenvalue weighted by Gasteiger charge is -2.43. The van der Waals surface area contributed by atoms with Gasteiger partial charge in [-0.1, -0.05) is 19.1 Å². The van der Waals surface area contributed by atoms with Gasteiger partial charge in [-0.3, -0.25) is 9.69 Å². The quantitative estimate of drug-likeness (QED) is 0.651. The van der Waals surface area contributed by atoms with Crippen LogP contribution in [-0.2, 0) is 11.2 Å². The van der Waals surface area contributed by atoms with Crippen LogP contribution in [0.5, 0.6) is 5.75 Å². The molecule has 0 saturated carbocycles. The highest BCUT2D eigenvalue weighted by Crippen LogP contribution is 2.37. The van der Waals surface area contributed by atoms with Crippen LogP contribution in [0, 0.1) is 5.92 Å². The lowest BCUT2D eigenvalue weighted by Crippen LogP contribution is -2.56. The second-order valence-corrected chi connectivity index (χ2v) is 10.2. The fourth-order valence-electron chi connectivity index (χ4n) is 5.49. The summed E-state index contributed by atoms with van der Waals surface area (Å²) < 4.78 is 5.20. The second-order valence-electron chi connectivity index (χ2n) is 8.96. The Bertz CT molecular complexity index is 773. The van der Waals surface area contributed by atoms with Crippen molar-refractivity contribution in [2.24, 2.45) is 5.92 Å². The highest BCUT2D eigenvalue weighted by molar-refractivity contribution is 7.99. The molecular formula is C24H35N3O3S. The van der Waals surface area contributed by atoms with E-state index in [4.69, 9.17) is 4.74 Å². The van der Waals surface area contributed by atoms with Crippen LogP contribution >= 0.6 is 11.8 Å². The van der Waals surface area contributed by atoms with Crippen molar-refractivity contribution in [2.45, 2.75) is 57.0 Å². The Kier molecular flexibility index (Phi) is 7.12. The molecule has 31 heavy (non-hydrogen) atoms. The van der Waals surface area contributed by atoms with Crippen molar-refractivity contribution in [3.63, 3.8) is 0 Å². The average Bonchev–Trinajstić information content (AvgIpc) is 3.08. The number of thioether (sulfide) groups is 1. The van der Waals surface area contributed by atoms with E-state index in [1.807, 2.05) is 31.2 Å². The fraction of sp³-hybridized carbons (Fsp3) is 0.667. The van der Waals surface area contributed by atoms with Crippen LogP contribution < -0.4 is 10.1 Å². The van der Waals surface area contributed by atoms with Crippen LogP contribution in [0.4, 0.5) is 4.79 Å². The first kappa shape index (κ1) is 22.5. The molecule has 1 aromatic rings. The largest absolute Gasteiger partial charge is 0.497 e. The van der Waals surface area contributed by atoms with Gasteiger partial charge in [0.25, 0.3) is 5.91 Å². The van der Waals surface area contributed by atoms with Crippen molar-refractivity contribution in [3.8, 4) is 5.75 Å². The van der Waals surface area contributed by atoms with Crippen LogP contribution in [0.25, 0.3) is 0 Å². The number of amides is 3. The number of hydrogen-bond acceptors (Lipinski definition) is 5. The minimum Gasteiger partial charge on any atom is -0.497 e. The van der Waals surface area contributed by atoms with E-state index in [0.29, 0.717) is 25.4 Å². The first-order valence-electron chi connectivity index (χ1n) is 11.7. The van der Waals surface area contributed by atoms with E-state index in [1.165, 1.54) is 29.2 Å². The topological polar surface area (TPSA) is 61.9 Å². The van der Waals surface area contributed by atoms with Gasteiger partial charge in [-0.15, -0.1) is 0 Å². The molecule has 1 aromatic carbocycles. The maximum absolute atomic E-state index is 13.5. The maximum atomic E-state index is 13.5. The van der Waals surface area contributed by atoms with Crippen LogP contribution in [0.2, 0.25) is 0 Å². The van der Waals surface area contributed by atoms with Gasteiger partial charge in [0.2, 0.25) is 0 Å². The molecule has 3 aliphatic heterocycles. The summed E-state index contributed by atoms with van der Waals surface area (Å²) in [5, 5.41) is 3.13. The number of carbonyl (C=O) groups excluding carboxylic acids is 2. The monoisotopic (exact) mass is 445 g/mol. The molecule has 170 valence electrons. The number of urea groups is 1. The zero-order valence-corrected chi connectivity index (χ0v) is 19.6. The summed E-state index contributed by atoms with van der Waals surface area (Å²) in [5.74, 6) is 3.53. The average molecular weight is 446 g/mol. The molecule has 3 amide bonds. The Balaban J connectivity index is 1.37. The minimum absolute atomic E-state index is 0.0268. The molecule has 7 heteroatoms. The number of carbonyl (C=O) groups is 2. The number of piperidine rings is 1. The maximum Gasteiger partial charge on any atom is 0.325 e. The number of imide groups is 1. The molecule has 6 nitrogen and oxygen atoms in total. The Labute approximate surface area is 190 Å².